The minimum absolute atomic E-state index is 0.00581. The van der Waals surface area contributed by atoms with E-state index in [1.807, 2.05) is 0 Å². The van der Waals surface area contributed by atoms with Gasteiger partial charge in [-0.05, 0) is 30.9 Å². The summed E-state index contributed by atoms with van der Waals surface area (Å²) in [6.45, 7) is 0.992. The second-order valence-corrected chi connectivity index (χ2v) is 4.60. The van der Waals surface area contributed by atoms with Gasteiger partial charge in [-0.15, -0.1) is 0 Å². The maximum Gasteiger partial charge on any atom is 0.303 e. The summed E-state index contributed by atoms with van der Waals surface area (Å²) in [7, 11) is 0. The number of anilines is 1. The molecule has 0 amide bonds. The van der Waals surface area contributed by atoms with Crippen LogP contribution >= 0.6 is 0 Å². The molecule has 0 unspecified atom stereocenters. The van der Waals surface area contributed by atoms with Crippen molar-refractivity contribution in [1.29, 1.82) is 0 Å². The third kappa shape index (κ3) is 2.78. The van der Waals surface area contributed by atoms with Gasteiger partial charge in [-0.25, -0.2) is 8.78 Å². The molecule has 1 aliphatic heterocycles. The van der Waals surface area contributed by atoms with Gasteiger partial charge in [-0.2, -0.15) is 0 Å². The molecule has 0 aromatic heterocycles. The fraction of sp³-hybridized carbons (Fsp3) is 0.462. The van der Waals surface area contributed by atoms with Gasteiger partial charge in [0.2, 0.25) is 0 Å². The molecule has 0 aliphatic carbocycles. The van der Waals surface area contributed by atoms with Crippen molar-refractivity contribution in [3.05, 3.63) is 29.8 Å². The minimum Gasteiger partial charge on any atom is -0.481 e. The second kappa shape index (κ2) is 5.33. The number of hydrogen-bond acceptors (Lipinski definition) is 2. The lowest BCUT2D eigenvalue weighted by Gasteiger charge is -2.33. The molecule has 98 valence electrons. The molecule has 0 atom stereocenters. The third-order valence-corrected chi connectivity index (χ3v) is 3.33. The molecule has 0 bridgehead atoms. The van der Waals surface area contributed by atoms with E-state index < -0.39 is 17.6 Å². The van der Waals surface area contributed by atoms with Gasteiger partial charge in [0.1, 0.15) is 17.3 Å². The first-order chi connectivity index (χ1) is 8.58. The van der Waals surface area contributed by atoms with Gasteiger partial charge in [-0.3, -0.25) is 4.79 Å². The van der Waals surface area contributed by atoms with E-state index in [0.29, 0.717) is 25.9 Å². The number of benzene rings is 1. The molecular weight excluding hydrogens is 240 g/mol. The quantitative estimate of drug-likeness (QED) is 0.902. The lowest BCUT2D eigenvalue weighted by atomic mass is 9.93. The first-order valence-corrected chi connectivity index (χ1v) is 5.98. The number of hydrogen-bond donors (Lipinski definition) is 1. The van der Waals surface area contributed by atoms with Gasteiger partial charge in [-0.1, -0.05) is 6.07 Å². The van der Waals surface area contributed by atoms with Crippen molar-refractivity contribution in [1.82, 2.24) is 0 Å². The number of halogens is 2. The molecular formula is C13H15F2NO2. The number of rotatable bonds is 3. The molecule has 1 aromatic rings. The monoisotopic (exact) mass is 255 g/mol. The Balaban J connectivity index is 2.03. The average Bonchev–Trinajstić information content (AvgIpc) is 2.30. The molecule has 1 saturated heterocycles. The number of carbonyl (C=O) groups is 1. The topological polar surface area (TPSA) is 40.5 Å². The number of nitrogens with zero attached hydrogens (tertiary/aromatic N) is 1. The Morgan fingerprint density at radius 2 is 1.83 bits per heavy atom. The van der Waals surface area contributed by atoms with Gasteiger partial charge in [0, 0.05) is 19.5 Å². The maximum atomic E-state index is 13.6. The largest absolute Gasteiger partial charge is 0.481 e. The van der Waals surface area contributed by atoms with Crippen LogP contribution in [-0.2, 0) is 4.79 Å². The van der Waals surface area contributed by atoms with Crippen LogP contribution in [-0.4, -0.2) is 24.2 Å². The molecule has 1 N–H and O–H groups in total. The normalized spacial score (nSPS) is 16.9. The highest BCUT2D eigenvalue weighted by Crippen LogP contribution is 2.29. The van der Waals surface area contributed by atoms with Crippen molar-refractivity contribution in [2.75, 3.05) is 18.0 Å². The lowest BCUT2D eigenvalue weighted by Crippen LogP contribution is -2.35. The average molecular weight is 255 g/mol. The molecule has 0 radical (unpaired) electrons. The zero-order valence-corrected chi connectivity index (χ0v) is 9.90. The molecule has 5 heteroatoms. The fourth-order valence-electron chi connectivity index (χ4n) is 2.40. The van der Waals surface area contributed by atoms with Crippen LogP contribution < -0.4 is 4.90 Å². The highest BCUT2D eigenvalue weighted by Gasteiger charge is 2.24. The first kappa shape index (κ1) is 12.8. The lowest BCUT2D eigenvalue weighted by molar-refractivity contribution is -0.138. The summed E-state index contributed by atoms with van der Waals surface area (Å²) in [4.78, 5) is 12.2. The van der Waals surface area contributed by atoms with Gasteiger partial charge in [0.25, 0.3) is 0 Å². The SMILES string of the molecule is O=C(O)CC1CCN(c2c(F)cccc2F)CC1. The van der Waals surface area contributed by atoms with Crippen LogP contribution in [0.15, 0.2) is 18.2 Å². The van der Waals surface area contributed by atoms with Gasteiger partial charge in [0.15, 0.2) is 0 Å². The minimum atomic E-state index is -0.814. The Bertz CT molecular complexity index is 422. The Kier molecular flexibility index (Phi) is 3.79. The zero-order chi connectivity index (χ0) is 13.1. The van der Waals surface area contributed by atoms with Gasteiger partial charge in [0.05, 0.1) is 0 Å². The molecule has 1 fully saturated rings. The van der Waals surface area contributed by atoms with Crippen molar-refractivity contribution in [2.45, 2.75) is 19.3 Å². The third-order valence-electron chi connectivity index (χ3n) is 3.33. The summed E-state index contributed by atoms with van der Waals surface area (Å²) in [5.74, 6) is -1.84. The van der Waals surface area contributed by atoms with E-state index in [0.717, 1.165) is 0 Å². The molecule has 1 aromatic carbocycles. The number of para-hydroxylation sites is 1. The highest BCUT2D eigenvalue weighted by molar-refractivity contribution is 5.67. The van der Waals surface area contributed by atoms with Crippen LogP contribution in [0.5, 0.6) is 0 Å². The molecule has 1 heterocycles. The highest BCUT2D eigenvalue weighted by atomic mass is 19.1. The van der Waals surface area contributed by atoms with Gasteiger partial charge < -0.3 is 10.0 Å². The molecule has 0 saturated carbocycles. The van der Waals surface area contributed by atoms with E-state index in [1.54, 1.807) is 4.90 Å². The summed E-state index contributed by atoms with van der Waals surface area (Å²) >= 11 is 0. The standard InChI is InChI=1S/C13H15F2NO2/c14-10-2-1-3-11(15)13(10)16-6-4-9(5-7-16)8-12(17)18/h1-3,9H,4-8H2,(H,17,18). The smallest absolute Gasteiger partial charge is 0.303 e. The van der Waals surface area contributed by atoms with Crippen molar-refractivity contribution in [3.63, 3.8) is 0 Å². The number of aliphatic carboxylic acids is 1. The maximum absolute atomic E-state index is 13.6. The van der Waals surface area contributed by atoms with Crippen LogP contribution in [0.3, 0.4) is 0 Å². The summed E-state index contributed by atoms with van der Waals surface area (Å²) in [6, 6.07) is 3.81. The van der Waals surface area contributed by atoms with E-state index >= 15 is 0 Å². The zero-order valence-electron chi connectivity index (χ0n) is 9.90. The van der Waals surface area contributed by atoms with Crippen LogP contribution in [0.2, 0.25) is 0 Å². The van der Waals surface area contributed by atoms with E-state index in [-0.39, 0.29) is 18.0 Å². The summed E-state index contributed by atoms with van der Waals surface area (Å²) in [5, 5.41) is 8.70. The molecule has 1 aliphatic rings. The number of carboxylic acid groups (broad SMARTS) is 1. The van der Waals surface area contributed by atoms with E-state index in [4.69, 9.17) is 5.11 Å². The number of piperidine rings is 1. The van der Waals surface area contributed by atoms with Crippen molar-refractivity contribution >= 4 is 11.7 Å². The van der Waals surface area contributed by atoms with Crippen molar-refractivity contribution < 1.29 is 18.7 Å². The Morgan fingerprint density at radius 1 is 1.28 bits per heavy atom. The van der Waals surface area contributed by atoms with E-state index in [9.17, 15) is 13.6 Å². The van der Waals surface area contributed by atoms with Crippen molar-refractivity contribution in [2.24, 2.45) is 5.92 Å². The van der Waals surface area contributed by atoms with E-state index in [2.05, 4.69) is 0 Å². The Labute approximate surface area is 104 Å². The summed E-state index contributed by atoms with van der Waals surface area (Å²) in [5.41, 5.74) is 0.00581. The van der Waals surface area contributed by atoms with Gasteiger partial charge >= 0.3 is 5.97 Å². The molecule has 3 nitrogen and oxygen atoms in total. The first-order valence-electron chi connectivity index (χ1n) is 5.98. The fourth-order valence-corrected chi connectivity index (χ4v) is 2.40. The Morgan fingerprint density at radius 3 is 2.33 bits per heavy atom. The Hall–Kier alpha value is -1.65. The molecule has 0 spiro atoms. The predicted molar refractivity (Wildman–Crippen MR) is 63.5 cm³/mol. The molecule has 2 rings (SSSR count). The van der Waals surface area contributed by atoms with E-state index in [1.165, 1.54) is 18.2 Å². The second-order valence-electron chi connectivity index (χ2n) is 4.60. The van der Waals surface area contributed by atoms with Crippen LogP contribution in [0, 0.1) is 17.6 Å². The van der Waals surface area contributed by atoms with Crippen molar-refractivity contribution in [3.8, 4) is 0 Å². The van der Waals surface area contributed by atoms with Crippen LogP contribution in [0.1, 0.15) is 19.3 Å². The molecule has 18 heavy (non-hydrogen) atoms. The summed E-state index contributed by atoms with van der Waals surface area (Å²) < 4.78 is 27.1. The van der Waals surface area contributed by atoms with Crippen LogP contribution in [0.4, 0.5) is 14.5 Å². The predicted octanol–water partition coefficient (Wildman–Crippen LogP) is 2.66. The summed E-state index contributed by atoms with van der Waals surface area (Å²) in [6.07, 6.45) is 1.44. The number of carboxylic acids is 1. The van der Waals surface area contributed by atoms with Crippen LogP contribution in [0.25, 0.3) is 0 Å².